The van der Waals surface area contributed by atoms with Gasteiger partial charge in [-0.05, 0) is 63.1 Å². The topological polar surface area (TPSA) is 101 Å². The predicted molar refractivity (Wildman–Crippen MR) is 133 cm³/mol. The molecule has 3 amide bonds. The number of amides is 3. The van der Waals surface area contributed by atoms with Crippen LogP contribution in [0.1, 0.15) is 54.7 Å². The lowest BCUT2D eigenvalue weighted by Gasteiger charge is -2.12. The maximum Gasteiger partial charge on any atom is 0.323 e. The molecule has 3 N–H and O–H groups in total. The van der Waals surface area contributed by atoms with Gasteiger partial charge in [0, 0.05) is 34.7 Å². The summed E-state index contributed by atoms with van der Waals surface area (Å²) in [6.45, 7) is 4.09. The fourth-order valence-electron chi connectivity index (χ4n) is 3.88. The fraction of sp³-hybridized carbons (Fsp3) is 0.231. The van der Waals surface area contributed by atoms with Crippen LogP contribution < -0.4 is 16.0 Å². The number of nitrogens with zero attached hydrogens (tertiary/aromatic N) is 3. The number of urea groups is 1. The van der Waals surface area contributed by atoms with Crippen molar-refractivity contribution in [2.75, 3.05) is 16.0 Å². The molecule has 4 aromatic rings. The number of carbonyl (C=O) groups excluding carboxylic acids is 2. The number of hydrogen-bond donors (Lipinski definition) is 3. The lowest BCUT2D eigenvalue weighted by Crippen LogP contribution is -2.19. The van der Waals surface area contributed by atoms with Crippen molar-refractivity contribution < 1.29 is 9.59 Å². The molecular formula is C26H26N6O2. The van der Waals surface area contributed by atoms with Gasteiger partial charge in [0.15, 0.2) is 5.65 Å². The summed E-state index contributed by atoms with van der Waals surface area (Å²) in [5.74, 6) is 0.172. The second-order valence-corrected chi connectivity index (χ2v) is 8.77. The Morgan fingerprint density at radius 3 is 2.29 bits per heavy atom. The number of para-hydroxylation sites is 1. The SMILES string of the molecule is CC(C)n1ncc2c(C(=O)Nc3cccc(NC(=O)Nc4ccccc4)c3)cc(C3CC3)nc21. The molecule has 2 heterocycles. The third-order valence-electron chi connectivity index (χ3n) is 5.73. The van der Waals surface area contributed by atoms with E-state index in [1.165, 1.54) is 0 Å². The summed E-state index contributed by atoms with van der Waals surface area (Å²) in [7, 11) is 0. The first-order valence-corrected chi connectivity index (χ1v) is 11.4. The van der Waals surface area contributed by atoms with Crippen LogP contribution in [0.4, 0.5) is 21.9 Å². The predicted octanol–water partition coefficient (Wildman–Crippen LogP) is 5.79. The highest BCUT2D eigenvalue weighted by Gasteiger charge is 2.28. The van der Waals surface area contributed by atoms with Crippen molar-refractivity contribution in [3.63, 3.8) is 0 Å². The number of anilines is 3. The van der Waals surface area contributed by atoms with Crippen molar-refractivity contribution in [1.82, 2.24) is 14.8 Å². The summed E-state index contributed by atoms with van der Waals surface area (Å²) in [4.78, 5) is 30.4. The largest absolute Gasteiger partial charge is 0.323 e. The zero-order valence-electron chi connectivity index (χ0n) is 19.1. The van der Waals surface area contributed by atoms with E-state index in [9.17, 15) is 9.59 Å². The third kappa shape index (κ3) is 4.61. The lowest BCUT2D eigenvalue weighted by molar-refractivity contribution is 0.102. The molecule has 1 aliphatic carbocycles. The van der Waals surface area contributed by atoms with Gasteiger partial charge >= 0.3 is 6.03 Å². The Kier molecular flexibility index (Phi) is 5.71. The minimum Gasteiger partial charge on any atom is -0.322 e. The molecule has 0 saturated heterocycles. The van der Waals surface area contributed by atoms with Gasteiger partial charge in [-0.3, -0.25) is 4.79 Å². The Bertz CT molecular complexity index is 1360. The summed E-state index contributed by atoms with van der Waals surface area (Å²) < 4.78 is 1.86. The smallest absolute Gasteiger partial charge is 0.322 e. The maximum absolute atomic E-state index is 13.3. The first kappa shape index (κ1) is 21.6. The normalized spacial score (nSPS) is 13.1. The van der Waals surface area contributed by atoms with Crippen LogP contribution >= 0.6 is 0 Å². The molecule has 0 radical (unpaired) electrons. The lowest BCUT2D eigenvalue weighted by atomic mass is 10.1. The molecule has 0 spiro atoms. The molecule has 34 heavy (non-hydrogen) atoms. The highest BCUT2D eigenvalue weighted by Crippen LogP contribution is 2.40. The second kappa shape index (κ2) is 8.97. The van der Waals surface area contributed by atoms with Gasteiger partial charge in [-0.15, -0.1) is 0 Å². The van der Waals surface area contributed by atoms with Gasteiger partial charge < -0.3 is 16.0 Å². The average Bonchev–Trinajstić information content (AvgIpc) is 3.57. The van der Waals surface area contributed by atoms with Crippen LogP contribution in [0.3, 0.4) is 0 Å². The second-order valence-electron chi connectivity index (χ2n) is 8.77. The number of rotatable bonds is 6. The van der Waals surface area contributed by atoms with E-state index in [1.807, 2.05) is 54.9 Å². The van der Waals surface area contributed by atoms with E-state index in [4.69, 9.17) is 4.98 Å². The van der Waals surface area contributed by atoms with Crippen molar-refractivity contribution in [2.45, 2.75) is 38.6 Å². The maximum atomic E-state index is 13.3. The van der Waals surface area contributed by atoms with Crippen LogP contribution in [-0.4, -0.2) is 26.7 Å². The van der Waals surface area contributed by atoms with Gasteiger partial charge in [0.25, 0.3) is 5.91 Å². The molecule has 5 rings (SSSR count). The summed E-state index contributed by atoms with van der Waals surface area (Å²) in [6, 6.07) is 17.9. The number of hydrogen-bond acceptors (Lipinski definition) is 4. The van der Waals surface area contributed by atoms with Gasteiger partial charge in [-0.25, -0.2) is 14.5 Å². The first-order chi connectivity index (χ1) is 16.5. The average molecular weight is 455 g/mol. The summed E-state index contributed by atoms with van der Waals surface area (Å²) in [6.07, 6.45) is 3.89. The molecule has 172 valence electrons. The van der Waals surface area contributed by atoms with Gasteiger partial charge in [-0.1, -0.05) is 24.3 Å². The quantitative estimate of drug-likeness (QED) is 0.343. The van der Waals surface area contributed by atoms with Crippen LogP contribution in [0, 0.1) is 0 Å². The standard InChI is InChI=1S/C26H26N6O2/c1-16(2)32-24-22(15-27-32)21(14-23(31-24)17-11-12-17)25(33)28-19-9-6-10-20(13-19)30-26(34)29-18-7-4-3-5-8-18/h3-10,13-17H,11-12H2,1-2H3,(H,28,33)(H2,29,30,34). The highest BCUT2D eigenvalue weighted by atomic mass is 16.2. The minimum atomic E-state index is -0.360. The molecule has 8 heteroatoms. The minimum absolute atomic E-state index is 0.139. The van der Waals surface area contributed by atoms with Gasteiger partial charge in [0.1, 0.15) is 0 Å². The fourth-order valence-corrected chi connectivity index (χ4v) is 3.88. The van der Waals surface area contributed by atoms with Gasteiger partial charge in [0.2, 0.25) is 0 Å². The summed E-state index contributed by atoms with van der Waals surface area (Å²) in [5.41, 5.74) is 4.07. The van der Waals surface area contributed by atoms with E-state index in [-0.39, 0.29) is 18.0 Å². The molecule has 2 aromatic heterocycles. The van der Waals surface area contributed by atoms with E-state index in [2.05, 4.69) is 21.0 Å². The molecule has 1 saturated carbocycles. The molecule has 0 atom stereocenters. The molecule has 1 fully saturated rings. The summed E-state index contributed by atoms with van der Waals surface area (Å²) in [5, 5.41) is 13.7. The van der Waals surface area contributed by atoms with Crippen molar-refractivity contribution in [2.24, 2.45) is 0 Å². The van der Waals surface area contributed by atoms with E-state index in [1.54, 1.807) is 30.5 Å². The van der Waals surface area contributed by atoms with Crippen molar-refractivity contribution >= 4 is 40.0 Å². The Morgan fingerprint density at radius 2 is 1.59 bits per heavy atom. The van der Waals surface area contributed by atoms with Crippen molar-refractivity contribution in [3.05, 3.63) is 78.1 Å². The van der Waals surface area contributed by atoms with E-state index < -0.39 is 0 Å². The van der Waals surface area contributed by atoms with E-state index in [0.29, 0.717) is 28.5 Å². The first-order valence-electron chi connectivity index (χ1n) is 11.4. The highest BCUT2D eigenvalue weighted by molar-refractivity contribution is 6.12. The van der Waals surface area contributed by atoms with Crippen molar-refractivity contribution in [3.8, 4) is 0 Å². The Hall–Kier alpha value is -4.20. The number of carbonyl (C=O) groups is 2. The number of nitrogens with one attached hydrogen (secondary N) is 3. The van der Waals surface area contributed by atoms with Crippen molar-refractivity contribution in [1.29, 1.82) is 0 Å². The van der Waals surface area contributed by atoms with Crippen LogP contribution in [-0.2, 0) is 0 Å². The zero-order chi connectivity index (χ0) is 23.7. The number of benzene rings is 2. The molecular weight excluding hydrogens is 428 g/mol. The Morgan fingerprint density at radius 1 is 0.912 bits per heavy atom. The number of pyridine rings is 1. The molecule has 0 aliphatic heterocycles. The zero-order valence-corrected chi connectivity index (χ0v) is 19.1. The Labute approximate surface area is 197 Å². The third-order valence-corrected chi connectivity index (χ3v) is 5.73. The van der Waals surface area contributed by atoms with Crippen LogP contribution in [0.25, 0.3) is 11.0 Å². The molecule has 0 bridgehead atoms. The van der Waals surface area contributed by atoms with Crippen LogP contribution in [0.2, 0.25) is 0 Å². The monoisotopic (exact) mass is 454 g/mol. The number of aromatic nitrogens is 3. The number of fused-ring (bicyclic) bond motifs is 1. The molecule has 2 aromatic carbocycles. The Balaban J connectivity index is 1.36. The van der Waals surface area contributed by atoms with Crippen LogP contribution in [0.15, 0.2) is 66.9 Å². The molecule has 8 nitrogen and oxygen atoms in total. The van der Waals surface area contributed by atoms with E-state index in [0.717, 1.165) is 29.6 Å². The van der Waals surface area contributed by atoms with Crippen LogP contribution in [0.5, 0.6) is 0 Å². The van der Waals surface area contributed by atoms with E-state index >= 15 is 0 Å². The molecule has 0 unspecified atom stereocenters. The molecule has 1 aliphatic rings. The van der Waals surface area contributed by atoms with Gasteiger partial charge in [0.05, 0.1) is 17.1 Å². The summed E-state index contributed by atoms with van der Waals surface area (Å²) >= 11 is 0. The van der Waals surface area contributed by atoms with Gasteiger partial charge in [-0.2, -0.15) is 5.10 Å².